The molecule has 0 unspecified atom stereocenters. The average Bonchev–Trinajstić information content (AvgIpc) is 3.15. The van der Waals surface area contributed by atoms with Crippen molar-refractivity contribution < 1.29 is 4.39 Å². The molecule has 2 aromatic heterocycles. The Balaban J connectivity index is 1.53. The van der Waals surface area contributed by atoms with Gasteiger partial charge < -0.3 is 15.2 Å². The molecule has 0 bridgehead atoms. The van der Waals surface area contributed by atoms with Gasteiger partial charge in [0.25, 0.3) is 0 Å². The van der Waals surface area contributed by atoms with Crippen molar-refractivity contribution in [2.45, 2.75) is 25.3 Å². The van der Waals surface area contributed by atoms with Crippen molar-refractivity contribution in [2.24, 2.45) is 12.8 Å². The molecule has 5 rings (SSSR count). The molecule has 2 N–H and O–H groups in total. The summed E-state index contributed by atoms with van der Waals surface area (Å²) in [5.41, 5.74) is 12.1. The van der Waals surface area contributed by atoms with Crippen molar-refractivity contribution in [3.8, 4) is 22.5 Å². The summed E-state index contributed by atoms with van der Waals surface area (Å²) in [4.78, 5) is 11.6. The second-order valence-corrected chi connectivity index (χ2v) is 8.80. The number of fused-ring (bicyclic) bond motifs is 1. The van der Waals surface area contributed by atoms with Gasteiger partial charge in [0.15, 0.2) is 0 Å². The molecular formula is C25H26FN5. The Morgan fingerprint density at radius 2 is 1.68 bits per heavy atom. The van der Waals surface area contributed by atoms with Gasteiger partial charge >= 0.3 is 0 Å². The van der Waals surface area contributed by atoms with Gasteiger partial charge in [-0.15, -0.1) is 0 Å². The fourth-order valence-corrected chi connectivity index (χ4v) is 4.31. The van der Waals surface area contributed by atoms with Crippen LogP contribution in [0.4, 0.5) is 10.1 Å². The normalized spacial score (nSPS) is 16.1. The van der Waals surface area contributed by atoms with Crippen molar-refractivity contribution in [1.29, 1.82) is 0 Å². The van der Waals surface area contributed by atoms with E-state index in [1.165, 1.54) is 12.1 Å². The number of aryl methyl sites for hydroxylation is 1. The molecule has 2 aromatic carbocycles. The summed E-state index contributed by atoms with van der Waals surface area (Å²) in [6.07, 6.45) is 5.70. The SMILES string of the molecule is Cn1cnc(-c2ccc(F)cc2)c1-c1ccc2ncc(N3CCC(C)(N)CC3)cc2c1. The number of nitrogens with two attached hydrogens (primary N) is 1. The highest BCUT2D eigenvalue weighted by Gasteiger charge is 2.26. The third-order valence-corrected chi connectivity index (χ3v) is 6.27. The number of pyridine rings is 1. The highest BCUT2D eigenvalue weighted by molar-refractivity contribution is 5.89. The summed E-state index contributed by atoms with van der Waals surface area (Å²) in [6, 6.07) is 15.0. The number of halogens is 1. The molecule has 3 heterocycles. The molecule has 1 saturated heterocycles. The van der Waals surface area contributed by atoms with Crippen LogP contribution in [-0.4, -0.2) is 33.2 Å². The number of piperidine rings is 1. The lowest BCUT2D eigenvalue weighted by atomic mass is 9.91. The fourth-order valence-electron chi connectivity index (χ4n) is 4.31. The van der Waals surface area contributed by atoms with Crippen LogP contribution in [0.15, 0.2) is 61.1 Å². The van der Waals surface area contributed by atoms with Gasteiger partial charge in [-0.2, -0.15) is 0 Å². The summed E-state index contributed by atoms with van der Waals surface area (Å²) < 4.78 is 15.4. The highest BCUT2D eigenvalue weighted by atomic mass is 19.1. The van der Waals surface area contributed by atoms with E-state index < -0.39 is 0 Å². The first-order valence-corrected chi connectivity index (χ1v) is 10.6. The van der Waals surface area contributed by atoms with E-state index in [0.29, 0.717) is 0 Å². The molecule has 5 nitrogen and oxygen atoms in total. The summed E-state index contributed by atoms with van der Waals surface area (Å²) >= 11 is 0. The van der Waals surface area contributed by atoms with E-state index in [1.54, 1.807) is 18.5 Å². The van der Waals surface area contributed by atoms with Crippen LogP contribution in [0.1, 0.15) is 19.8 Å². The van der Waals surface area contributed by atoms with E-state index in [2.05, 4.69) is 35.0 Å². The molecule has 6 heteroatoms. The zero-order valence-corrected chi connectivity index (χ0v) is 17.8. The molecule has 1 fully saturated rings. The van der Waals surface area contributed by atoms with Crippen molar-refractivity contribution in [3.63, 3.8) is 0 Å². The molecule has 4 aromatic rings. The summed E-state index contributed by atoms with van der Waals surface area (Å²) in [7, 11) is 1.98. The molecule has 158 valence electrons. The monoisotopic (exact) mass is 415 g/mol. The van der Waals surface area contributed by atoms with E-state index in [9.17, 15) is 4.39 Å². The highest BCUT2D eigenvalue weighted by Crippen LogP contribution is 2.33. The number of nitrogens with zero attached hydrogens (tertiary/aromatic N) is 4. The molecule has 31 heavy (non-hydrogen) atoms. The van der Waals surface area contributed by atoms with E-state index in [1.807, 2.05) is 23.9 Å². The van der Waals surface area contributed by atoms with Crippen LogP contribution in [0.3, 0.4) is 0 Å². The summed E-state index contributed by atoms with van der Waals surface area (Å²) in [6.45, 7) is 4.01. The van der Waals surface area contributed by atoms with Crippen molar-refractivity contribution in [3.05, 3.63) is 66.9 Å². The molecule has 0 amide bonds. The summed E-state index contributed by atoms with van der Waals surface area (Å²) in [5, 5.41) is 1.09. The van der Waals surface area contributed by atoms with Gasteiger partial charge in [0.05, 0.1) is 35.1 Å². The maximum Gasteiger partial charge on any atom is 0.123 e. The predicted molar refractivity (Wildman–Crippen MR) is 123 cm³/mol. The fraction of sp³-hybridized carbons (Fsp3) is 0.280. The molecule has 0 atom stereocenters. The van der Waals surface area contributed by atoms with Gasteiger partial charge in [-0.3, -0.25) is 4.98 Å². The lowest BCUT2D eigenvalue weighted by Crippen LogP contribution is -2.48. The Morgan fingerprint density at radius 1 is 0.968 bits per heavy atom. The van der Waals surface area contributed by atoms with Crippen LogP contribution in [0.25, 0.3) is 33.4 Å². The maximum atomic E-state index is 13.4. The van der Waals surface area contributed by atoms with Crippen LogP contribution in [0.5, 0.6) is 0 Å². The van der Waals surface area contributed by atoms with E-state index in [0.717, 1.165) is 65.0 Å². The van der Waals surface area contributed by atoms with Crippen LogP contribution in [0.2, 0.25) is 0 Å². The number of hydrogen-bond donors (Lipinski definition) is 1. The number of aromatic nitrogens is 3. The Kier molecular flexibility index (Phi) is 4.74. The van der Waals surface area contributed by atoms with Crippen LogP contribution >= 0.6 is 0 Å². The molecular weight excluding hydrogens is 389 g/mol. The molecule has 0 aliphatic carbocycles. The average molecular weight is 416 g/mol. The molecule has 1 aliphatic heterocycles. The van der Waals surface area contributed by atoms with Crippen LogP contribution in [-0.2, 0) is 7.05 Å². The first kappa shape index (κ1) is 19.7. The molecule has 1 aliphatic rings. The van der Waals surface area contributed by atoms with Gasteiger partial charge in [-0.25, -0.2) is 9.37 Å². The Morgan fingerprint density at radius 3 is 2.42 bits per heavy atom. The zero-order chi connectivity index (χ0) is 21.6. The van der Waals surface area contributed by atoms with Gasteiger partial charge in [0.2, 0.25) is 0 Å². The van der Waals surface area contributed by atoms with Crippen molar-refractivity contribution >= 4 is 16.6 Å². The molecule has 0 saturated carbocycles. The number of imidazole rings is 1. The third kappa shape index (κ3) is 3.79. The lowest BCUT2D eigenvalue weighted by molar-refractivity contribution is 0.364. The lowest BCUT2D eigenvalue weighted by Gasteiger charge is -2.37. The topological polar surface area (TPSA) is 60.0 Å². The minimum Gasteiger partial charge on any atom is -0.370 e. The second-order valence-electron chi connectivity index (χ2n) is 8.80. The first-order chi connectivity index (χ1) is 14.9. The molecule has 0 spiro atoms. The minimum absolute atomic E-state index is 0.0791. The molecule has 0 radical (unpaired) electrons. The minimum atomic E-state index is -0.252. The Bertz CT molecular complexity index is 1230. The van der Waals surface area contributed by atoms with Crippen LogP contribution in [0, 0.1) is 5.82 Å². The summed E-state index contributed by atoms with van der Waals surface area (Å²) in [5.74, 6) is -0.252. The van der Waals surface area contributed by atoms with Gasteiger partial charge in [-0.05, 0) is 62.2 Å². The maximum absolute atomic E-state index is 13.4. The Labute approximate surface area is 181 Å². The first-order valence-electron chi connectivity index (χ1n) is 10.6. The van der Waals surface area contributed by atoms with Gasteiger partial charge in [-0.1, -0.05) is 6.07 Å². The van der Waals surface area contributed by atoms with Crippen molar-refractivity contribution in [1.82, 2.24) is 14.5 Å². The van der Waals surface area contributed by atoms with E-state index >= 15 is 0 Å². The van der Waals surface area contributed by atoms with E-state index in [-0.39, 0.29) is 11.4 Å². The predicted octanol–water partition coefficient (Wildman–Crippen LogP) is 4.76. The Hall–Kier alpha value is -3.25. The second kappa shape index (κ2) is 7.46. The zero-order valence-electron chi connectivity index (χ0n) is 17.8. The van der Waals surface area contributed by atoms with Gasteiger partial charge in [0, 0.05) is 42.2 Å². The van der Waals surface area contributed by atoms with E-state index in [4.69, 9.17) is 10.7 Å². The number of benzene rings is 2. The number of rotatable bonds is 3. The number of hydrogen-bond acceptors (Lipinski definition) is 4. The quantitative estimate of drug-likeness (QED) is 0.524. The third-order valence-electron chi connectivity index (χ3n) is 6.27. The van der Waals surface area contributed by atoms with Crippen LogP contribution < -0.4 is 10.6 Å². The smallest absolute Gasteiger partial charge is 0.123 e. The standard InChI is InChI=1S/C25H26FN5/c1-25(27)9-11-31(12-10-25)21-14-19-13-18(5-8-22(19)28-15-21)24-23(29-16-30(24)2)17-3-6-20(26)7-4-17/h3-8,13-16H,9-12,27H2,1-2H3. The van der Waals surface area contributed by atoms with Gasteiger partial charge in [0.1, 0.15) is 5.82 Å². The number of anilines is 1. The largest absolute Gasteiger partial charge is 0.370 e. The van der Waals surface area contributed by atoms with Crippen molar-refractivity contribution in [2.75, 3.05) is 18.0 Å².